The monoisotopic (exact) mass is 314 g/mol. The van der Waals surface area contributed by atoms with Crippen LogP contribution < -0.4 is 10.6 Å². The van der Waals surface area contributed by atoms with E-state index in [9.17, 15) is 9.59 Å². The van der Waals surface area contributed by atoms with Crippen molar-refractivity contribution < 1.29 is 14.7 Å². The molecular formula is C12H15BrN2O3. The van der Waals surface area contributed by atoms with Crippen molar-refractivity contribution >= 4 is 27.9 Å². The molecule has 1 atom stereocenters. The summed E-state index contributed by atoms with van der Waals surface area (Å²) >= 11 is 3.19. The maximum absolute atomic E-state index is 11.8. The van der Waals surface area contributed by atoms with Gasteiger partial charge in [-0.3, -0.25) is 4.79 Å². The van der Waals surface area contributed by atoms with Gasteiger partial charge in [0.2, 0.25) is 5.91 Å². The number of nitrogens with one attached hydrogen (secondary N) is 2. The second-order valence-corrected chi connectivity index (χ2v) is 4.48. The minimum absolute atomic E-state index is 0.319. The minimum atomic E-state index is -1.20. The van der Waals surface area contributed by atoms with Gasteiger partial charge in [0.1, 0.15) is 6.04 Å². The summed E-state index contributed by atoms with van der Waals surface area (Å²) in [6.07, 6.45) is -0.789. The first kappa shape index (κ1) is 14.5. The molecule has 3 N–H and O–H groups in total. The van der Waals surface area contributed by atoms with Gasteiger partial charge < -0.3 is 15.7 Å². The van der Waals surface area contributed by atoms with Gasteiger partial charge in [-0.15, -0.1) is 0 Å². The first-order chi connectivity index (χ1) is 8.63. The Bertz CT molecular complexity index is 398. The van der Waals surface area contributed by atoms with Crippen molar-refractivity contribution in [1.29, 1.82) is 0 Å². The fourth-order valence-electron chi connectivity index (χ4n) is 1.44. The van der Waals surface area contributed by atoms with E-state index in [4.69, 9.17) is 5.11 Å². The zero-order valence-electron chi connectivity index (χ0n) is 9.73. The van der Waals surface area contributed by atoms with Gasteiger partial charge in [-0.2, -0.15) is 0 Å². The van der Waals surface area contributed by atoms with Crippen molar-refractivity contribution in [1.82, 2.24) is 10.6 Å². The van der Waals surface area contributed by atoms with Crippen LogP contribution in [0.4, 0.5) is 4.79 Å². The first-order valence-electron chi connectivity index (χ1n) is 5.50. The summed E-state index contributed by atoms with van der Waals surface area (Å²) in [5.74, 6) is -0.319. The van der Waals surface area contributed by atoms with Gasteiger partial charge in [-0.05, 0) is 12.0 Å². The Labute approximate surface area is 114 Å². The number of carbonyl (C=O) groups excluding carboxylic acids is 1. The number of carbonyl (C=O) groups is 2. The second kappa shape index (κ2) is 7.71. The molecule has 0 fully saturated rings. The predicted octanol–water partition coefficient (Wildman–Crippen LogP) is 1.72. The molecule has 1 aromatic rings. The van der Waals surface area contributed by atoms with E-state index in [1.165, 1.54) is 0 Å². The van der Waals surface area contributed by atoms with Gasteiger partial charge in [0.25, 0.3) is 0 Å². The van der Waals surface area contributed by atoms with E-state index in [1.807, 2.05) is 30.3 Å². The van der Waals surface area contributed by atoms with Crippen LogP contribution in [-0.2, 0) is 11.3 Å². The Morgan fingerprint density at radius 2 is 1.94 bits per heavy atom. The fraction of sp³-hybridized carbons (Fsp3) is 0.333. The maximum atomic E-state index is 11.8. The summed E-state index contributed by atoms with van der Waals surface area (Å²) in [5.41, 5.74) is 0.971. The Morgan fingerprint density at radius 3 is 2.50 bits per heavy atom. The van der Waals surface area contributed by atoms with Crippen molar-refractivity contribution in [3.8, 4) is 0 Å². The van der Waals surface area contributed by atoms with Crippen LogP contribution in [-0.4, -0.2) is 28.5 Å². The van der Waals surface area contributed by atoms with Crippen molar-refractivity contribution in [3.05, 3.63) is 35.9 Å². The molecule has 0 spiro atoms. The molecule has 0 aromatic heterocycles. The lowest BCUT2D eigenvalue weighted by Crippen LogP contribution is -2.46. The van der Waals surface area contributed by atoms with Crippen LogP contribution in [0.15, 0.2) is 30.3 Å². The number of halogens is 1. The highest BCUT2D eigenvalue weighted by molar-refractivity contribution is 9.09. The van der Waals surface area contributed by atoms with Crippen LogP contribution in [0.2, 0.25) is 0 Å². The molecule has 0 aliphatic carbocycles. The summed E-state index contributed by atoms with van der Waals surface area (Å²) in [7, 11) is 0. The number of rotatable bonds is 6. The Morgan fingerprint density at radius 1 is 1.28 bits per heavy atom. The van der Waals surface area contributed by atoms with E-state index in [-0.39, 0.29) is 5.91 Å². The molecule has 1 unspecified atom stereocenters. The Hall–Kier alpha value is -1.56. The first-order valence-corrected chi connectivity index (χ1v) is 6.62. The standard InChI is InChI=1S/C12H15BrN2O3/c13-7-6-10(15-12(17)18)11(16)14-8-9-4-2-1-3-5-9/h1-5,10,15H,6-8H2,(H,14,16)(H,17,18). The minimum Gasteiger partial charge on any atom is -0.465 e. The van der Waals surface area contributed by atoms with E-state index < -0.39 is 12.1 Å². The largest absolute Gasteiger partial charge is 0.465 e. The van der Waals surface area contributed by atoms with Crippen molar-refractivity contribution in [2.45, 2.75) is 19.0 Å². The van der Waals surface area contributed by atoms with Gasteiger partial charge in [0.05, 0.1) is 0 Å². The lowest BCUT2D eigenvalue weighted by molar-refractivity contribution is -0.123. The average Bonchev–Trinajstić information content (AvgIpc) is 2.36. The molecule has 0 radical (unpaired) electrons. The van der Waals surface area contributed by atoms with Gasteiger partial charge >= 0.3 is 6.09 Å². The SMILES string of the molecule is O=C(O)NC(CCBr)C(=O)NCc1ccccc1. The molecule has 0 saturated heterocycles. The maximum Gasteiger partial charge on any atom is 0.405 e. The highest BCUT2D eigenvalue weighted by Crippen LogP contribution is 2.00. The van der Waals surface area contributed by atoms with Crippen molar-refractivity contribution in [3.63, 3.8) is 0 Å². The summed E-state index contributed by atoms with van der Waals surface area (Å²) in [6, 6.07) is 8.71. The average molecular weight is 315 g/mol. The highest BCUT2D eigenvalue weighted by Gasteiger charge is 2.19. The van der Waals surface area contributed by atoms with Crippen LogP contribution in [0, 0.1) is 0 Å². The van der Waals surface area contributed by atoms with Gasteiger partial charge in [-0.1, -0.05) is 46.3 Å². The molecule has 5 nitrogen and oxygen atoms in total. The molecule has 98 valence electrons. The second-order valence-electron chi connectivity index (χ2n) is 3.68. The fourth-order valence-corrected chi connectivity index (χ4v) is 1.89. The molecule has 2 amide bonds. The molecule has 0 heterocycles. The third-order valence-electron chi connectivity index (χ3n) is 2.32. The van der Waals surface area contributed by atoms with Crippen LogP contribution in [0.1, 0.15) is 12.0 Å². The quantitative estimate of drug-likeness (QED) is 0.700. The third kappa shape index (κ3) is 5.18. The molecule has 18 heavy (non-hydrogen) atoms. The number of alkyl halides is 1. The lowest BCUT2D eigenvalue weighted by atomic mass is 10.2. The topological polar surface area (TPSA) is 78.4 Å². The zero-order chi connectivity index (χ0) is 13.4. The van der Waals surface area contributed by atoms with Crippen LogP contribution in [0.3, 0.4) is 0 Å². The molecule has 0 aliphatic heterocycles. The van der Waals surface area contributed by atoms with E-state index in [1.54, 1.807) is 0 Å². The van der Waals surface area contributed by atoms with Gasteiger partial charge in [-0.25, -0.2) is 4.79 Å². The predicted molar refractivity (Wildman–Crippen MR) is 71.6 cm³/mol. The summed E-state index contributed by atoms with van der Waals surface area (Å²) in [5, 5.41) is 14.1. The third-order valence-corrected chi connectivity index (χ3v) is 2.78. The lowest BCUT2D eigenvalue weighted by Gasteiger charge is -2.15. The van der Waals surface area contributed by atoms with E-state index in [0.29, 0.717) is 18.3 Å². The van der Waals surface area contributed by atoms with Crippen LogP contribution in [0.25, 0.3) is 0 Å². The number of carboxylic acid groups (broad SMARTS) is 1. The molecule has 1 aromatic carbocycles. The summed E-state index contributed by atoms with van der Waals surface area (Å²) < 4.78 is 0. The molecule has 6 heteroatoms. The Balaban J connectivity index is 2.48. The molecule has 0 saturated carbocycles. The van der Waals surface area contributed by atoms with E-state index in [0.717, 1.165) is 5.56 Å². The van der Waals surface area contributed by atoms with E-state index >= 15 is 0 Å². The zero-order valence-corrected chi connectivity index (χ0v) is 11.3. The summed E-state index contributed by atoms with van der Waals surface area (Å²) in [6.45, 7) is 0.389. The van der Waals surface area contributed by atoms with Crippen molar-refractivity contribution in [2.75, 3.05) is 5.33 Å². The highest BCUT2D eigenvalue weighted by atomic mass is 79.9. The smallest absolute Gasteiger partial charge is 0.405 e. The Kier molecular flexibility index (Phi) is 6.21. The van der Waals surface area contributed by atoms with Gasteiger partial charge in [0, 0.05) is 11.9 Å². The number of amides is 2. The number of benzene rings is 1. The van der Waals surface area contributed by atoms with Crippen LogP contribution >= 0.6 is 15.9 Å². The number of hydrogen-bond donors (Lipinski definition) is 3. The molecule has 0 aliphatic rings. The van der Waals surface area contributed by atoms with Gasteiger partial charge in [0.15, 0.2) is 0 Å². The molecular weight excluding hydrogens is 300 g/mol. The summed E-state index contributed by atoms with van der Waals surface area (Å²) in [4.78, 5) is 22.3. The van der Waals surface area contributed by atoms with E-state index in [2.05, 4.69) is 26.6 Å². The number of hydrogen-bond acceptors (Lipinski definition) is 2. The molecule has 0 bridgehead atoms. The van der Waals surface area contributed by atoms with Crippen molar-refractivity contribution in [2.24, 2.45) is 0 Å². The normalized spacial score (nSPS) is 11.6. The van der Waals surface area contributed by atoms with Crippen LogP contribution in [0.5, 0.6) is 0 Å². The molecule has 1 rings (SSSR count).